The molecule has 0 radical (unpaired) electrons. The molecule has 0 atom stereocenters. The van der Waals surface area contributed by atoms with Gasteiger partial charge in [-0.05, 0) is 17.7 Å². The van der Waals surface area contributed by atoms with E-state index in [1.54, 1.807) is 11.0 Å². The fourth-order valence-electron chi connectivity index (χ4n) is 2.58. The Hall–Kier alpha value is -2.21. The van der Waals surface area contributed by atoms with Gasteiger partial charge < -0.3 is 10.0 Å². The Bertz CT molecular complexity index is 820. The van der Waals surface area contributed by atoms with E-state index in [-0.39, 0.29) is 29.4 Å². The molecule has 0 aliphatic carbocycles. The summed E-state index contributed by atoms with van der Waals surface area (Å²) in [5, 5.41) is 21.3. The lowest BCUT2D eigenvalue weighted by atomic mass is 9.93. The molecule has 0 fully saturated rings. The number of hydrogen-bond acceptors (Lipinski definition) is 4. The highest BCUT2D eigenvalue weighted by Crippen LogP contribution is 2.33. The van der Waals surface area contributed by atoms with Crippen LogP contribution in [0.25, 0.3) is 5.57 Å². The molecule has 1 aromatic heterocycles. The Morgan fingerprint density at radius 2 is 2.12 bits per heavy atom. The molecular weight excluding hydrogens is 325 g/mol. The van der Waals surface area contributed by atoms with E-state index < -0.39 is 0 Å². The minimum atomic E-state index is -0.301. The minimum Gasteiger partial charge on any atom is -0.510 e. The van der Waals surface area contributed by atoms with Crippen molar-refractivity contribution in [1.82, 2.24) is 9.88 Å². The van der Waals surface area contributed by atoms with Crippen LogP contribution in [0.15, 0.2) is 35.4 Å². The van der Waals surface area contributed by atoms with Gasteiger partial charge >= 0.3 is 0 Å². The molecule has 126 valence electrons. The van der Waals surface area contributed by atoms with Crippen LogP contribution in [0.1, 0.15) is 37.0 Å². The molecule has 2 heterocycles. The fourth-order valence-corrected chi connectivity index (χ4v) is 3.70. The zero-order valence-corrected chi connectivity index (χ0v) is 14.7. The number of rotatable bonds is 3. The second kappa shape index (κ2) is 6.02. The van der Waals surface area contributed by atoms with Gasteiger partial charge in [0.1, 0.15) is 22.4 Å². The van der Waals surface area contributed by atoms with Crippen molar-refractivity contribution in [3.05, 3.63) is 57.5 Å². The van der Waals surface area contributed by atoms with E-state index in [9.17, 15) is 9.50 Å². The van der Waals surface area contributed by atoms with Gasteiger partial charge in [-0.3, -0.25) is 5.41 Å². The molecule has 0 amide bonds. The molecule has 6 heteroatoms. The average Bonchev–Trinajstić information content (AvgIpc) is 3.05. The summed E-state index contributed by atoms with van der Waals surface area (Å²) in [5.74, 6) is 0.0724. The van der Waals surface area contributed by atoms with Crippen molar-refractivity contribution in [2.24, 2.45) is 0 Å². The molecule has 1 aromatic carbocycles. The van der Waals surface area contributed by atoms with Crippen LogP contribution in [0.2, 0.25) is 0 Å². The van der Waals surface area contributed by atoms with Crippen LogP contribution in [0.4, 0.5) is 4.39 Å². The summed E-state index contributed by atoms with van der Waals surface area (Å²) in [4.78, 5) is 6.31. The molecule has 0 spiro atoms. The highest BCUT2D eigenvalue weighted by Gasteiger charge is 2.31. The number of hydrogen-bond donors (Lipinski definition) is 2. The number of nitrogens with one attached hydrogen (secondary N) is 1. The molecular formula is C18H20FN3OS. The van der Waals surface area contributed by atoms with Gasteiger partial charge in [0, 0.05) is 17.3 Å². The molecule has 0 unspecified atom stereocenters. The molecule has 0 saturated heterocycles. The van der Waals surface area contributed by atoms with Crippen LogP contribution in [-0.2, 0) is 12.0 Å². The van der Waals surface area contributed by atoms with Gasteiger partial charge in [-0.1, -0.05) is 32.9 Å². The van der Waals surface area contributed by atoms with E-state index in [0.29, 0.717) is 17.1 Å². The first-order chi connectivity index (χ1) is 11.3. The number of thiazole rings is 1. The second-order valence-corrected chi connectivity index (χ2v) is 7.80. The zero-order chi connectivity index (χ0) is 17.5. The van der Waals surface area contributed by atoms with Gasteiger partial charge in [0.05, 0.1) is 17.8 Å². The summed E-state index contributed by atoms with van der Waals surface area (Å²) in [5.41, 5.74) is 2.11. The molecule has 2 aromatic rings. The third kappa shape index (κ3) is 3.19. The summed E-state index contributed by atoms with van der Waals surface area (Å²) in [6, 6.07) is 6.30. The van der Waals surface area contributed by atoms with Crippen LogP contribution < -0.4 is 0 Å². The zero-order valence-electron chi connectivity index (χ0n) is 13.9. The standard InChI is InChI=1S/C18H20FN3OS/c1-18(2,3)14-10-24-17(21-14)15-13(23)9-22(16(15)20)8-11-5-4-6-12(19)7-11/h4-7,10,20,23H,8-9H2,1-3H3. The number of benzene rings is 1. The van der Waals surface area contributed by atoms with Crippen molar-refractivity contribution in [3.8, 4) is 0 Å². The van der Waals surface area contributed by atoms with Crippen molar-refractivity contribution in [3.63, 3.8) is 0 Å². The van der Waals surface area contributed by atoms with Crippen LogP contribution in [0, 0.1) is 11.2 Å². The van der Waals surface area contributed by atoms with E-state index >= 15 is 0 Å². The van der Waals surface area contributed by atoms with E-state index in [0.717, 1.165) is 11.3 Å². The van der Waals surface area contributed by atoms with Crippen molar-refractivity contribution in [1.29, 1.82) is 5.41 Å². The maximum Gasteiger partial charge on any atom is 0.135 e. The minimum absolute atomic E-state index is 0.0764. The van der Waals surface area contributed by atoms with Crippen molar-refractivity contribution >= 4 is 22.7 Å². The number of nitrogens with zero attached hydrogens (tertiary/aromatic N) is 2. The Morgan fingerprint density at radius 1 is 1.38 bits per heavy atom. The highest BCUT2D eigenvalue weighted by atomic mass is 32.1. The summed E-state index contributed by atoms with van der Waals surface area (Å²) >= 11 is 1.44. The first kappa shape index (κ1) is 16.6. The highest BCUT2D eigenvalue weighted by molar-refractivity contribution is 7.11. The molecule has 3 rings (SSSR count). The summed E-state index contributed by atoms with van der Waals surface area (Å²) in [6.45, 7) is 6.86. The Balaban J connectivity index is 1.82. The quantitative estimate of drug-likeness (QED) is 0.870. The van der Waals surface area contributed by atoms with Gasteiger partial charge in [0.15, 0.2) is 0 Å². The van der Waals surface area contributed by atoms with Gasteiger partial charge in [0.25, 0.3) is 0 Å². The Morgan fingerprint density at radius 3 is 2.75 bits per heavy atom. The number of aromatic nitrogens is 1. The van der Waals surface area contributed by atoms with Crippen molar-refractivity contribution < 1.29 is 9.50 Å². The fraction of sp³-hybridized carbons (Fsp3) is 0.333. The van der Waals surface area contributed by atoms with Crippen LogP contribution in [0.5, 0.6) is 0 Å². The van der Waals surface area contributed by atoms with Crippen molar-refractivity contribution in [2.75, 3.05) is 6.54 Å². The SMILES string of the molecule is CC(C)(C)c1csc(C2=C(O)CN(Cc3cccc(F)c3)C2=N)n1. The largest absolute Gasteiger partial charge is 0.510 e. The number of aliphatic hydroxyl groups is 1. The summed E-state index contributed by atoms with van der Waals surface area (Å²) in [6.07, 6.45) is 0. The predicted octanol–water partition coefficient (Wildman–Crippen LogP) is 4.34. The number of aliphatic hydroxyl groups excluding tert-OH is 1. The van der Waals surface area contributed by atoms with Gasteiger partial charge in [0.2, 0.25) is 0 Å². The first-order valence-corrected chi connectivity index (χ1v) is 8.60. The topological polar surface area (TPSA) is 60.2 Å². The maximum absolute atomic E-state index is 13.3. The van der Waals surface area contributed by atoms with E-state index in [1.807, 2.05) is 11.4 Å². The molecule has 1 aliphatic rings. The summed E-state index contributed by atoms with van der Waals surface area (Å²) < 4.78 is 13.3. The van der Waals surface area contributed by atoms with Crippen molar-refractivity contribution in [2.45, 2.75) is 32.7 Å². The first-order valence-electron chi connectivity index (χ1n) is 7.72. The molecule has 2 N–H and O–H groups in total. The number of halogens is 1. The molecule has 0 saturated carbocycles. The molecule has 0 bridgehead atoms. The third-order valence-electron chi connectivity index (χ3n) is 3.93. The van der Waals surface area contributed by atoms with Crippen LogP contribution >= 0.6 is 11.3 Å². The lowest BCUT2D eigenvalue weighted by Gasteiger charge is -2.18. The van der Waals surface area contributed by atoms with Gasteiger partial charge in [-0.15, -0.1) is 11.3 Å². The third-order valence-corrected chi connectivity index (χ3v) is 4.79. The summed E-state index contributed by atoms with van der Waals surface area (Å²) in [7, 11) is 0. The lowest BCUT2D eigenvalue weighted by Crippen LogP contribution is -2.26. The Labute approximate surface area is 144 Å². The predicted molar refractivity (Wildman–Crippen MR) is 94.9 cm³/mol. The van der Waals surface area contributed by atoms with E-state index in [2.05, 4.69) is 25.8 Å². The van der Waals surface area contributed by atoms with Gasteiger partial charge in [-0.2, -0.15) is 0 Å². The molecule has 4 nitrogen and oxygen atoms in total. The Kier molecular flexibility index (Phi) is 4.17. The van der Waals surface area contributed by atoms with Crippen LogP contribution in [0.3, 0.4) is 0 Å². The number of amidine groups is 1. The van der Waals surface area contributed by atoms with Crippen LogP contribution in [-0.4, -0.2) is 27.4 Å². The van der Waals surface area contributed by atoms with E-state index in [4.69, 9.17) is 5.41 Å². The monoisotopic (exact) mass is 345 g/mol. The average molecular weight is 345 g/mol. The lowest BCUT2D eigenvalue weighted by molar-refractivity contribution is 0.346. The van der Waals surface area contributed by atoms with Gasteiger partial charge in [-0.25, -0.2) is 9.37 Å². The second-order valence-electron chi connectivity index (χ2n) is 6.94. The normalized spacial score (nSPS) is 15.5. The van der Waals surface area contributed by atoms with E-state index in [1.165, 1.54) is 23.5 Å². The molecule has 1 aliphatic heterocycles. The molecule has 24 heavy (non-hydrogen) atoms. The smallest absolute Gasteiger partial charge is 0.135 e. The maximum atomic E-state index is 13.3.